The number of esters is 1. The Bertz CT molecular complexity index is 1190. The maximum atomic E-state index is 12.9. The summed E-state index contributed by atoms with van der Waals surface area (Å²) in [7, 11) is 1.38. The molecule has 0 aliphatic rings. The normalized spacial score (nSPS) is 10.3. The van der Waals surface area contributed by atoms with Crippen LogP contribution in [0.2, 0.25) is 0 Å². The van der Waals surface area contributed by atoms with Crippen LogP contribution in [0.25, 0.3) is 0 Å². The summed E-state index contributed by atoms with van der Waals surface area (Å²) in [4.78, 5) is 50.0. The molecule has 2 N–H and O–H groups in total. The molecule has 3 rings (SSSR count). The van der Waals surface area contributed by atoms with Crippen molar-refractivity contribution in [1.82, 2.24) is 4.90 Å². The van der Waals surface area contributed by atoms with Gasteiger partial charge in [-0.25, -0.2) is 9.18 Å². The van der Waals surface area contributed by atoms with Crippen LogP contribution in [-0.2, 0) is 14.3 Å². The summed E-state index contributed by atoms with van der Waals surface area (Å²) in [5.41, 5.74) is 1.61. The van der Waals surface area contributed by atoms with Crippen LogP contribution in [0.15, 0.2) is 65.3 Å². The summed E-state index contributed by atoms with van der Waals surface area (Å²) in [6.45, 7) is 0.880. The lowest BCUT2D eigenvalue weighted by atomic mass is 10.1. The number of nitrogens with one attached hydrogen (secondary N) is 2. The molecule has 1 aromatic heterocycles. The van der Waals surface area contributed by atoms with E-state index in [9.17, 15) is 23.6 Å². The molecule has 9 nitrogen and oxygen atoms in total. The molecule has 0 atom stereocenters. The number of rotatable bonds is 8. The number of halogens is 1. The lowest BCUT2D eigenvalue weighted by Crippen LogP contribution is -2.37. The molecule has 3 aromatic rings. The van der Waals surface area contributed by atoms with Gasteiger partial charge in [0.05, 0.1) is 18.4 Å². The van der Waals surface area contributed by atoms with Gasteiger partial charge in [-0.2, -0.15) is 0 Å². The van der Waals surface area contributed by atoms with E-state index < -0.39 is 36.1 Å². The predicted octanol–water partition coefficient (Wildman–Crippen LogP) is 3.23. The van der Waals surface area contributed by atoms with Crippen molar-refractivity contribution in [3.05, 3.63) is 83.6 Å². The fourth-order valence-electron chi connectivity index (χ4n) is 2.83. The van der Waals surface area contributed by atoms with Gasteiger partial charge in [0, 0.05) is 18.4 Å². The van der Waals surface area contributed by atoms with E-state index in [0.29, 0.717) is 16.9 Å². The van der Waals surface area contributed by atoms with E-state index >= 15 is 0 Å². The number of ether oxygens (including phenoxy) is 1. The van der Waals surface area contributed by atoms with Crippen molar-refractivity contribution in [2.45, 2.75) is 6.92 Å². The number of hydrogen-bond acceptors (Lipinski definition) is 6. The van der Waals surface area contributed by atoms with Gasteiger partial charge in [0.25, 0.3) is 11.8 Å². The van der Waals surface area contributed by atoms with Gasteiger partial charge in [-0.05, 0) is 61.0 Å². The first-order valence-corrected chi connectivity index (χ1v) is 10.1. The number of aryl methyl sites for hydroxylation is 1. The van der Waals surface area contributed by atoms with E-state index in [4.69, 9.17) is 9.15 Å². The number of anilines is 2. The average molecular weight is 467 g/mol. The molecule has 176 valence electrons. The molecule has 0 aliphatic carbocycles. The van der Waals surface area contributed by atoms with Gasteiger partial charge >= 0.3 is 5.97 Å². The lowest BCUT2D eigenvalue weighted by molar-refractivity contribution is -0.136. The summed E-state index contributed by atoms with van der Waals surface area (Å²) in [6.07, 6.45) is 1.37. The molecule has 0 bridgehead atoms. The summed E-state index contributed by atoms with van der Waals surface area (Å²) >= 11 is 0. The van der Waals surface area contributed by atoms with Crippen molar-refractivity contribution >= 4 is 35.1 Å². The van der Waals surface area contributed by atoms with E-state index in [1.807, 2.05) is 0 Å². The Morgan fingerprint density at radius 1 is 1.03 bits per heavy atom. The van der Waals surface area contributed by atoms with Crippen molar-refractivity contribution in [2.75, 3.05) is 30.8 Å². The third kappa shape index (κ3) is 6.52. The first-order valence-electron chi connectivity index (χ1n) is 10.1. The van der Waals surface area contributed by atoms with Gasteiger partial charge in [0.15, 0.2) is 12.4 Å². The van der Waals surface area contributed by atoms with Gasteiger partial charge in [-0.3, -0.25) is 14.4 Å². The lowest BCUT2D eigenvalue weighted by Gasteiger charge is -2.17. The Kier molecular flexibility index (Phi) is 7.75. The van der Waals surface area contributed by atoms with Gasteiger partial charge in [0.1, 0.15) is 5.82 Å². The topological polar surface area (TPSA) is 118 Å². The number of benzene rings is 2. The molecule has 3 amide bonds. The monoisotopic (exact) mass is 467 g/mol. The van der Waals surface area contributed by atoms with E-state index in [1.165, 1.54) is 55.8 Å². The van der Waals surface area contributed by atoms with Crippen molar-refractivity contribution in [1.29, 1.82) is 0 Å². The zero-order valence-corrected chi connectivity index (χ0v) is 18.5. The number of hydrogen-bond donors (Lipinski definition) is 2. The maximum absolute atomic E-state index is 12.9. The Morgan fingerprint density at radius 3 is 2.44 bits per heavy atom. The molecule has 0 saturated carbocycles. The number of carbonyl (C=O) groups is 4. The molecular formula is C24H22FN3O6. The SMILES string of the molecule is Cc1ccc(C(=O)OCC(=O)N(C)CC(=O)Nc2ccc(F)cc2)cc1NC(=O)c1ccco1. The fourth-order valence-corrected chi connectivity index (χ4v) is 2.83. The van der Waals surface area contributed by atoms with Gasteiger partial charge in [-0.1, -0.05) is 6.07 Å². The van der Waals surface area contributed by atoms with E-state index in [0.717, 1.165) is 4.90 Å². The minimum Gasteiger partial charge on any atom is -0.459 e. The summed E-state index contributed by atoms with van der Waals surface area (Å²) in [5, 5.41) is 5.19. The van der Waals surface area contributed by atoms with Crippen LogP contribution in [0.3, 0.4) is 0 Å². The third-order valence-electron chi connectivity index (χ3n) is 4.73. The van der Waals surface area contributed by atoms with E-state index in [1.54, 1.807) is 19.1 Å². The highest BCUT2D eigenvalue weighted by atomic mass is 19.1. The second kappa shape index (κ2) is 10.9. The van der Waals surface area contributed by atoms with Crippen molar-refractivity contribution in [2.24, 2.45) is 0 Å². The quantitative estimate of drug-likeness (QED) is 0.491. The highest BCUT2D eigenvalue weighted by Gasteiger charge is 2.18. The van der Waals surface area contributed by atoms with Crippen molar-refractivity contribution in [3.8, 4) is 0 Å². The number of furan rings is 1. The number of carbonyl (C=O) groups excluding carboxylic acids is 4. The fraction of sp³-hybridized carbons (Fsp3) is 0.167. The van der Waals surface area contributed by atoms with Crippen LogP contribution in [0.5, 0.6) is 0 Å². The number of likely N-dealkylation sites (N-methyl/N-ethyl adjacent to an activating group) is 1. The Labute approximate surface area is 194 Å². The number of nitrogens with zero attached hydrogens (tertiary/aromatic N) is 1. The highest BCUT2D eigenvalue weighted by molar-refractivity contribution is 6.03. The van der Waals surface area contributed by atoms with Crippen LogP contribution in [0.4, 0.5) is 15.8 Å². The predicted molar refractivity (Wildman–Crippen MR) is 121 cm³/mol. The second-order valence-electron chi connectivity index (χ2n) is 7.34. The third-order valence-corrected chi connectivity index (χ3v) is 4.73. The minimum absolute atomic E-state index is 0.115. The molecule has 0 spiro atoms. The van der Waals surface area contributed by atoms with E-state index in [-0.39, 0.29) is 17.9 Å². The molecule has 0 aliphatic heterocycles. The van der Waals surface area contributed by atoms with Crippen molar-refractivity contribution in [3.63, 3.8) is 0 Å². The van der Waals surface area contributed by atoms with Crippen molar-refractivity contribution < 1.29 is 32.7 Å². The maximum Gasteiger partial charge on any atom is 0.338 e. The zero-order chi connectivity index (χ0) is 24.7. The zero-order valence-electron chi connectivity index (χ0n) is 18.5. The smallest absolute Gasteiger partial charge is 0.338 e. The van der Waals surface area contributed by atoms with Gasteiger partial charge in [-0.15, -0.1) is 0 Å². The highest BCUT2D eigenvalue weighted by Crippen LogP contribution is 2.19. The minimum atomic E-state index is -0.772. The van der Waals surface area contributed by atoms with Crippen LogP contribution in [-0.4, -0.2) is 48.8 Å². The molecule has 0 fully saturated rings. The summed E-state index contributed by atoms with van der Waals surface area (Å²) < 4.78 is 23.0. The van der Waals surface area contributed by atoms with Gasteiger partial charge in [0.2, 0.25) is 5.91 Å². The van der Waals surface area contributed by atoms with Crippen LogP contribution in [0.1, 0.15) is 26.5 Å². The first kappa shape index (κ1) is 24.2. The first-order chi connectivity index (χ1) is 16.2. The standard InChI is InChI=1S/C24H22FN3O6/c1-15-5-6-16(12-19(15)27-23(31)20-4-3-11-33-20)24(32)34-14-22(30)28(2)13-21(29)26-18-9-7-17(25)8-10-18/h3-12H,13-14H2,1-2H3,(H,26,29)(H,27,31). The molecule has 0 radical (unpaired) electrons. The second-order valence-corrected chi connectivity index (χ2v) is 7.34. The van der Waals surface area contributed by atoms with Crippen LogP contribution >= 0.6 is 0 Å². The molecule has 0 unspecified atom stereocenters. The Morgan fingerprint density at radius 2 is 1.76 bits per heavy atom. The average Bonchev–Trinajstić information content (AvgIpc) is 3.35. The molecular weight excluding hydrogens is 445 g/mol. The van der Waals surface area contributed by atoms with Crippen LogP contribution in [0, 0.1) is 12.7 Å². The largest absolute Gasteiger partial charge is 0.459 e. The molecule has 1 heterocycles. The molecule has 10 heteroatoms. The Hall–Kier alpha value is -4.47. The molecule has 2 aromatic carbocycles. The summed E-state index contributed by atoms with van der Waals surface area (Å²) in [5.74, 6) is -2.66. The molecule has 0 saturated heterocycles. The molecule has 34 heavy (non-hydrogen) atoms. The Balaban J connectivity index is 1.52. The summed E-state index contributed by atoms with van der Waals surface area (Å²) in [6, 6.07) is 12.8. The van der Waals surface area contributed by atoms with E-state index in [2.05, 4.69) is 10.6 Å². The van der Waals surface area contributed by atoms with Crippen LogP contribution < -0.4 is 10.6 Å². The number of amides is 3. The van der Waals surface area contributed by atoms with Gasteiger partial charge < -0.3 is 24.7 Å².